The Morgan fingerprint density at radius 2 is 1.26 bits per heavy atom. The minimum atomic E-state index is -1.05. The molecular weight excluding hydrogens is 308 g/mol. The predicted molar refractivity (Wildman–Crippen MR) is 102 cm³/mol. The molecule has 0 amide bonds. The van der Waals surface area contributed by atoms with E-state index < -0.39 is 11.7 Å². The van der Waals surface area contributed by atoms with Crippen molar-refractivity contribution in [3.63, 3.8) is 0 Å². The fourth-order valence-corrected chi connectivity index (χ4v) is 3.45. The van der Waals surface area contributed by atoms with Crippen molar-refractivity contribution < 1.29 is 10.2 Å². The molecule has 23 heavy (non-hydrogen) atoms. The van der Waals surface area contributed by atoms with Crippen LogP contribution in [0.4, 0.5) is 0 Å². The highest BCUT2D eigenvalue weighted by atomic mass is 35.5. The Bertz CT molecular complexity index is 279. The molecule has 0 saturated carbocycles. The number of hydrogen-bond donors (Lipinski definition) is 2. The minimum absolute atomic E-state index is 0.0945. The second-order valence-corrected chi connectivity index (χ2v) is 8.69. The van der Waals surface area contributed by atoms with E-state index in [1.807, 2.05) is 0 Å². The standard InChI is InChI=1S/C20H41ClO2/c1-16(2)9-6-10-17(3)11-7-12-18(4)13-8-14-20(5,23)19(22)15-21/h16-19,22-23H,6-15H2,1-5H3/t17-,18-,19-,20-/m1/s1. The minimum Gasteiger partial charge on any atom is -0.389 e. The molecule has 3 heteroatoms. The summed E-state index contributed by atoms with van der Waals surface area (Å²) in [6.45, 7) is 11.0. The van der Waals surface area contributed by atoms with Crippen LogP contribution in [0.3, 0.4) is 0 Å². The van der Waals surface area contributed by atoms with Crippen molar-refractivity contribution in [3.05, 3.63) is 0 Å². The molecule has 4 atom stereocenters. The van der Waals surface area contributed by atoms with Crippen molar-refractivity contribution >= 4 is 11.6 Å². The molecule has 0 fully saturated rings. The van der Waals surface area contributed by atoms with Crippen LogP contribution in [0.2, 0.25) is 0 Å². The third kappa shape index (κ3) is 12.3. The fourth-order valence-electron chi connectivity index (χ4n) is 3.12. The van der Waals surface area contributed by atoms with E-state index in [1.165, 1.54) is 38.5 Å². The average molecular weight is 349 g/mol. The molecule has 0 radical (unpaired) electrons. The van der Waals surface area contributed by atoms with E-state index in [0.717, 1.165) is 24.7 Å². The van der Waals surface area contributed by atoms with Crippen molar-refractivity contribution in [2.24, 2.45) is 17.8 Å². The van der Waals surface area contributed by atoms with Crippen LogP contribution in [0.1, 0.15) is 92.4 Å². The number of aliphatic hydroxyl groups is 2. The van der Waals surface area contributed by atoms with Gasteiger partial charge in [-0.3, -0.25) is 0 Å². The van der Waals surface area contributed by atoms with Gasteiger partial charge < -0.3 is 10.2 Å². The van der Waals surface area contributed by atoms with Crippen LogP contribution in [0.25, 0.3) is 0 Å². The number of alkyl halides is 1. The topological polar surface area (TPSA) is 40.5 Å². The van der Waals surface area contributed by atoms with Crippen molar-refractivity contribution in [1.82, 2.24) is 0 Å². The maximum Gasteiger partial charge on any atom is 0.0959 e. The summed E-state index contributed by atoms with van der Waals surface area (Å²) < 4.78 is 0. The van der Waals surface area contributed by atoms with Gasteiger partial charge in [0.25, 0.3) is 0 Å². The Labute approximate surface area is 150 Å². The summed E-state index contributed by atoms with van der Waals surface area (Å²) >= 11 is 5.62. The molecule has 0 bridgehead atoms. The lowest BCUT2D eigenvalue weighted by molar-refractivity contribution is -0.0575. The number of halogens is 1. The quantitative estimate of drug-likeness (QED) is 0.391. The second kappa shape index (κ2) is 12.6. The highest BCUT2D eigenvalue weighted by molar-refractivity contribution is 6.18. The number of hydrogen-bond acceptors (Lipinski definition) is 2. The lowest BCUT2D eigenvalue weighted by Crippen LogP contribution is -2.40. The van der Waals surface area contributed by atoms with Crippen LogP contribution >= 0.6 is 11.6 Å². The van der Waals surface area contributed by atoms with Crippen molar-refractivity contribution in [2.45, 2.75) is 104 Å². The highest BCUT2D eigenvalue weighted by Gasteiger charge is 2.28. The van der Waals surface area contributed by atoms with Crippen LogP contribution in [-0.2, 0) is 0 Å². The third-order valence-electron chi connectivity index (χ3n) is 5.12. The van der Waals surface area contributed by atoms with Crippen LogP contribution < -0.4 is 0 Å². The van der Waals surface area contributed by atoms with Gasteiger partial charge in [-0.15, -0.1) is 11.6 Å². The maximum atomic E-state index is 10.1. The number of aliphatic hydroxyl groups excluding tert-OH is 1. The Morgan fingerprint density at radius 3 is 1.70 bits per heavy atom. The first kappa shape index (κ1) is 23.2. The zero-order valence-corrected chi connectivity index (χ0v) is 16.9. The van der Waals surface area contributed by atoms with Crippen molar-refractivity contribution in [3.8, 4) is 0 Å². The molecule has 2 N–H and O–H groups in total. The molecule has 0 heterocycles. The van der Waals surface area contributed by atoms with E-state index in [-0.39, 0.29) is 5.88 Å². The molecule has 0 rings (SSSR count). The summed E-state index contributed by atoms with van der Waals surface area (Å²) in [6, 6.07) is 0. The summed E-state index contributed by atoms with van der Waals surface area (Å²) in [5, 5.41) is 19.8. The van der Waals surface area contributed by atoms with Gasteiger partial charge in [-0.1, -0.05) is 79.1 Å². The van der Waals surface area contributed by atoms with Gasteiger partial charge in [0.2, 0.25) is 0 Å². The maximum absolute atomic E-state index is 10.1. The zero-order valence-electron chi connectivity index (χ0n) is 16.2. The van der Waals surface area contributed by atoms with Crippen molar-refractivity contribution in [2.75, 3.05) is 5.88 Å². The zero-order chi connectivity index (χ0) is 17.9. The molecule has 0 aromatic rings. The van der Waals surface area contributed by atoms with Crippen LogP contribution in [0.5, 0.6) is 0 Å². The van der Waals surface area contributed by atoms with E-state index in [9.17, 15) is 10.2 Å². The van der Waals surface area contributed by atoms with E-state index in [2.05, 4.69) is 27.7 Å². The van der Waals surface area contributed by atoms with Crippen molar-refractivity contribution in [1.29, 1.82) is 0 Å². The smallest absolute Gasteiger partial charge is 0.0959 e. The number of rotatable bonds is 14. The molecule has 2 nitrogen and oxygen atoms in total. The van der Waals surface area contributed by atoms with Crippen LogP contribution in [-0.4, -0.2) is 27.8 Å². The Balaban J connectivity index is 3.69. The van der Waals surface area contributed by atoms with Gasteiger partial charge in [-0.05, 0) is 31.1 Å². The summed E-state index contributed by atoms with van der Waals surface area (Å²) in [5.74, 6) is 2.47. The summed E-state index contributed by atoms with van der Waals surface area (Å²) in [4.78, 5) is 0. The van der Waals surface area contributed by atoms with E-state index >= 15 is 0 Å². The SMILES string of the molecule is CC(C)CCC[C@@H](C)CCC[C@@H](C)CCC[C@@](C)(O)[C@H](O)CCl. The Kier molecular flexibility index (Phi) is 12.7. The first-order chi connectivity index (χ1) is 10.7. The average Bonchev–Trinajstić information content (AvgIpc) is 2.45. The molecule has 0 saturated heterocycles. The van der Waals surface area contributed by atoms with Gasteiger partial charge in [0.15, 0.2) is 0 Å². The van der Waals surface area contributed by atoms with E-state index in [0.29, 0.717) is 12.3 Å². The van der Waals surface area contributed by atoms with Gasteiger partial charge in [-0.25, -0.2) is 0 Å². The first-order valence-electron chi connectivity index (χ1n) is 9.65. The molecule has 0 aliphatic rings. The van der Waals surface area contributed by atoms with Gasteiger partial charge >= 0.3 is 0 Å². The molecule has 0 aliphatic carbocycles. The van der Waals surface area contributed by atoms with Gasteiger partial charge in [0.1, 0.15) is 0 Å². The predicted octanol–water partition coefficient (Wildman–Crippen LogP) is 5.78. The van der Waals surface area contributed by atoms with Crippen LogP contribution in [0, 0.1) is 17.8 Å². The lowest BCUT2D eigenvalue weighted by atomic mass is 9.89. The molecule has 0 unspecified atom stereocenters. The second-order valence-electron chi connectivity index (χ2n) is 8.39. The third-order valence-corrected chi connectivity index (χ3v) is 5.41. The van der Waals surface area contributed by atoms with E-state index in [4.69, 9.17) is 11.6 Å². The monoisotopic (exact) mass is 348 g/mol. The Hall–Kier alpha value is 0.210. The summed E-state index contributed by atoms with van der Waals surface area (Å²) in [7, 11) is 0. The van der Waals surface area contributed by atoms with Crippen LogP contribution in [0.15, 0.2) is 0 Å². The largest absolute Gasteiger partial charge is 0.389 e. The lowest BCUT2D eigenvalue weighted by Gasteiger charge is -2.28. The summed E-state index contributed by atoms with van der Waals surface area (Å²) in [5.41, 5.74) is -1.05. The van der Waals surface area contributed by atoms with E-state index in [1.54, 1.807) is 6.92 Å². The van der Waals surface area contributed by atoms with Gasteiger partial charge in [0.05, 0.1) is 17.6 Å². The normalized spacial score (nSPS) is 18.7. The highest BCUT2D eigenvalue weighted by Crippen LogP contribution is 2.24. The first-order valence-corrected chi connectivity index (χ1v) is 10.2. The fraction of sp³-hybridized carbons (Fsp3) is 1.00. The molecule has 0 aliphatic heterocycles. The molecule has 140 valence electrons. The van der Waals surface area contributed by atoms with Gasteiger partial charge in [0, 0.05) is 0 Å². The molecule has 0 aromatic heterocycles. The molecule has 0 spiro atoms. The molecule has 0 aromatic carbocycles. The summed E-state index contributed by atoms with van der Waals surface area (Å²) in [6.07, 6.45) is 9.87. The molecular formula is C20H41ClO2. The van der Waals surface area contributed by atoms with Gasteiger partial charge in [-0.2, -0.15) is 0 Å². The Morgan fingerprint density at radius 1 is 0.826 bits per heavy atom.